The maximum absolute atomic E-state index is 13.5. The summed E-state index contributed by atoms with van der Waals surface area (Å²) in [5.74, 6) is -0.164. The lowest BCUT2D eigenvalue weighted by atomic mass is 9.79. The van der Waals surface area contributed by atoms with E-state index in [0.29, 0.717) is 28.6 Å². The van der Waals surface area contributed by atoms with Gasteiger partial charge in [-0.25, -0.2) is 0 Å². The number of hydrogen-bond acceptors (Lipinski definition) is 4. The van der Waals surface area contributed by atoms with Crippen LogP contribution in [0.5, 0.6) is 11.5 Å². The Morgan fingerprint density at radius 3 is 2.03 bits per heavy atom. The van der Waals surface area contributed by atoms with Crippen molar-refractivity contribution >= 4 is 21.8 Å². The molecular weight excluding hydrogens is 392 g/mol. The number of benzene rings is 2. The maximum Gasteiger partial charge on any atom is 0.258 e. The van der Waals surface area contributed by atoms with Gasteiger partial charge in [0.1, 0.15) is 17.1 Å². The Labute approximate surface area is 178 Å². The molecule has 1 aliphatic heterocycles. The summed E-state index contributed by atoms with van der Waals surface area (Å²) in [7, 11) is 3.41. The average molecular weight is 416 g/mol. The molecule has 0 saturated heterocycles. The molecule has 2 aromatic heterocycles. The third-order valence-electron chi connectivity index (χ3n) is 6.37. The molecule has 0 aliphatic carbocycles. The molecule has 5 rings (SSSR count). The van der Waals surface area contributed by atoms with Gasteiger partial charge in [-0.1, -0.05) is 24.3 Å². The predicted octanol–water partition coefficient (Wildman–Crippen LogP) is 3.79. The van der Waals surface area contributed by atoms with Gasteiger partial charge < -0.3 is 19.0 Å². The molecule has 158 valence electrons. The zero-order chi connectivity index (χ0) is 22.1. The van der Waals surface area contributed by atoms with Crippen molar-refractivity contribution in [1.29, 1.82) is 0 Å². The highest BCUT2D eigenvalue weighted by Gasteiger charge is 2.41. The Bertz CT molecular complexity index is 1490. The lowest BCUT2D eigenvalue weighted by molar-refractivity contribution is 0.0782. The number of aromatic nitrogens is 2. The van der Waals surface area contributed by atoms with E-state index in [2.05, 4.69) is 0 Å². The number of fused-ring (bicyclic) bond motifs is 4. The molecule has 0 radical (unpaired) electrons. The van der Waals surface area contributed by atoms with E-state index in [1.807, 2.05) is 50.2 Å². The highest BCUT2D eigenvalue weighted by Crippen LogP contribution is 2.47. The molecule has 1 atom stereocenters. The predicted molar refractivity (Wildman–Crippen MR) is 121 cm³/mol. The Kier molecular flexibility index (Phi) is 4.06. The highest BCUT2D eigenvalue weighted by atomic mass is 16.5. The van der Waals surface area contributed by atoms with Crippen molar-refractivity contribution in [3.05, 3.63) is 80.4 Å². The average Bonchev–Trinajstić information content (AvgIpc) is 2.75. The van der Waals surface area contributed by atoms with E-state index >= 15 is 0 Å². The number of hydrogen-bond donors (Lipinski definition) is 1. The molecule has 0 saturated carbocycles. The summed E-state index contributed by atoms with van der Waals surface area (Å²) in [6.07, 6.45) is 0.398. The van der Waals surface area contributed by atoms with Crippen LogP contribution in [0.25, 0.3) is 21.8 Å². The molecule has 0 amide bonds. The van der Waals surface area contributed by atoms with Crippen molar-refractivity contribution in [2.75, 3.05) is 0 Å². The van der Waals surface area contributed by atoms with Crippen LogP contribution in [0.3, 0.4) is 0 Å². The van der Waals surface area contributed by atoms with Gasteiger partial charge in [-0.05, 0) is 44.5 Å². The minimum atomic E-state index is -0.629. The molecule has 31 heavy (non-hydrogen) atoms. The zero-order valence-electron chi connectivity index (χ0n) is 18.0. The van der Waals surface area contributed by atoms with E-state index in [1.54, 1.807) is 30.8 Å². The minimum Gasteiger partial charge on any atom is -0.507 e. The van der Waals surface area contributed by atoms with Crippen LogP contribution in [0.2, 0.25) is 0 Å². The maximum atomic E-state index is 13.5. The topological polar surface area (TPSA) is 73.5 Å². The molecule has 1 aliphatic rings. The van der Waals surface area contributed by atoms with Crippen LogP contribution in [0.4, 0.5) is 0 Å². The fraction of sp³-hybridized carbons (Fsp3) is 0.280. The fourth-order valence-corrected chi connectivity index (χ4v) is 4.88. The molecule has 4 aromatic rings. The largest absolute Gasteiger partial charge is 0.507 e. The first kappa shape index (κ1) is 19.4. The van der Waals surface area contributed by atoms with E-state index < -0.39 is 11.5 Å². The first-order chi connectivity index (χ1) is 14.7. The number of para-hydroxylation sites is 2. The highest BCUT2D eigenvalue weighted by molar-refractivity contribution is 5.89. The standard InChI is InChI=1S/C25H24N2O4/c1-25(2)13-16(19-21(28)14-9-5-7-11-17(14)26(3)23(19)29)20-22(31-25)15-10-6-8-12-18(15)27(4)24(20)30/h5-12,16,28H,13H2,1-4H3. The van der Waals surface area contributed by atoms with Crippen LogP contribution >= 0.6 is 0 Å². The first-order valence-electron chi connectivity index (χ1n) is 10.3. The molecule has 0 spiro atoms. The summed E-state index contributed by atoms with van der Waals surface area (Å²) in [6, 6.07) is 14.8. The van der Waals surface area contributed by atoms with E-state index in [4.69, 9.17) is 4.74 Å². The van der Waals surface area contributed by atoms with Crippen LogP contribution in [-0.2, 0) is 14.1 Å². The number of aromatic hydroxyl groups is 1. The minimum absolute atomic E-state index is 0.0671. The fourth-order valence-electron chi connectivity index (χ4n) is 4.88. The molecule has 1 unspecified atom stereocenters. The Hall–Kier alpha value is -3.54. The summed E-state index contributed by atoms with van der Waals surface area (Å²) >= 11 is 0. The van der Waals surface area contributed by atoms with Crippen molar-refractivity contribution in [1.82, 2.24) is 9.13 Å². The number of aryl methyl sites for hydroxylation is 2. The molecule has 0 fully saturated rings. The summed E-state index contributed by atoms with van der Waals surface area (Å²) in [5.41, 5.74) is 0.916. The van der Waals surface area contributed by atoms with Gasteiger partial charge in [0, 0.05) is 30.8 Å². The summed E-state index contributed by atoms with van der Waals surface area (Å²) in [6.45, 7) is 3.88. The number of pyridine rings is 2. The Morgan fingerprint density at radius 2 is 1.39 bits per heavy atom. The van der Waals surface area contributed by atoms with Gasteiger partial charge in [0.25, 0.3) is 11.1 Å². The number of rotatable bonds is 1. The van der Waals surface area contributed by atoms with Crippen molar-refractivity contribution in [2.24, 2.45) is 14.1 Å². The summed E-state index contributed by atoms with van der Waals surface area (Å²) in [4.78, 5) is 26.9. The second-order valence-electron chi connectivity index (χ2n) is 8.89. The first-order valence-corrected chi connectivity index (χ1v) is 10.3. The number of ether oxygens (including phenoxy) is 1. The summed E-state index contributed by atoms with van der Waals surface area (Å²) in [5, 5.41) is 12.6. The van der Waals surface area contributed by atoms with E-state index in [-0.39, 0.29) is 22.4 Å². The second-order valence-corrected chi connectivity index (χ2v) is 8.89. The Morgan fingerprint density at radius 1 is 0.871 bits per heavy atom. The van der Waals surface area contributed by atoms with Crippen molar-refractivity contribution in [3.63, 3.8) is 0 Å². The lowest BCUT2D eigenvalue weighted by Crippen LogP contribution is -2.41. The second kappa shape index (κ2) is 6.48. The van der Waals surface area contributed by atoms with E-state index in [1.165, 1.54) is 4.57 Å². The molecule has 6 nitrogen and oxygen atoms in total. The van der Waals surface area contributed by atoms with Crippen LogP contribution < -0.4 is 15.9 Å². The zero-order valence-corrected chi connectivity index (χ0v) is 18.0. The lowest BCUT2D eigenvalue weighted by Gasteiger charge is -2.38. The SMILES string of the molecule is Cn1c(=O)c(C2CC(C)(C)Oc3c2c(=O)n(C)c2ccccc32)c(O)c2ccccc21. The van der Waals surface area contributed by atoms with Gasteiger partial charge in [-0.2, -0.15) is 0 Å². The molecule has 2 aromatic carbocycles. The third-order valence-corrected chi connectivity index (χ3v) is 6.37. The number of nitrogens with zero attached hydrogens (tertiary/aromatic N) is 2. The van der Waals surface area contributed by atoms with Gasteiger partial charge in [-0.3, -0.25) is 9.59 Å². The van der Waals surface area contributed by atoms with Crippen LogP contribution in [-0.4, -0.2) is 19.8 Å². The van der Waals surface area contributed by atoms with E-state index in [9.17, 15) is 14.7 Å². The molecule has 3 heterocycles. The smallest absolute Gasteiger partial charge is 0.258 e. The molecule has 6 heteroatoms. The van der Waals surface area contributed by atoms with Gasteiger partial charge in [-0.15, -0.1) is 0 Å². The van der Waals surface area contributed by atoms with E-state index in [0.717, 1.165) is 10.9 Å². The third kappa shape index (κ3) is 2.71. The monoisotopic (exact) mass is 416 g/mol. The van der Waals surface area contributed by atoms with Gasteiger partial charge in [0.2, 0.25) is 0 Å². The Balaban J connectivity index is 1.93. The van der Waals surface area contributed by atoms with Crippen molar-refractivity contribution in [3.8, 4) is 11.5 Å². The quantitative estimate of drug-likeness (QED) is 0.512. The van der Waals surface area contributed by atoms with Crippen molar-refractivity contribution < 1.29 is 9.84 Å². The van der Waals surface area contributed by atoms with Crippen molar-refractivity contribution in [2.45, 2.75) is 31.8 Å². The molecular formula is C25H24N2O4. The summed E-state index contributed by atoms with van der Waals surface area (Å²) < 4.78 is 9.44. The van der Waals surface area contributed by atoms with Crippen LogP contribution in [0.1, 0.15) is 37.3 Å². The molecule has 0 bridgehead atoms. The van der Waals surface area contributed by atoms with Crippen LogP contribution in [0, 0.1) is 0 Å². The normalized spacial score (nSPS) is 17.5. The van der Waals surface area contributed by atoms with Crippen LogP contribution in [0.15, 0.2) is 58.1 Å². The van der Waals surface area contributed by atoms with Gasteiger partial charge in [0.05, 0.1) is 22.2 Å². The van der Waals surface area contributed by atoms with Gasteiger partial charge >= 0.3 is 0 Å². The van der Waals surface area contributed by atoms with Gasteiger partial charge in [0.15, 0.2) is 0 Å². The molecule has 1 N–H and O–H groups in total.